The molecule has 0 spiro atoms. The van der Waals surface area contributed by atoms with Crippen molar-refractivity contribution in [3.05, 3.63) is 23.8 Å². The SMILES string of the molecule is COc1cccc(OC)c1CNC(=O)CN.Cl. The highest BCUT2D eigenvalue weighted by molar-refractivity contribution is 5.85. The molecular formula is C11H17ClN2O3. The van der Waals surface area contributed by atoms with Gasteiger partial charge in [-0.2, -0.15) is 0 Å². The predicted molar refractivity (Wildman–Crippen MR) is 67.7 cm³/mol. The van der Waals surface area contributed by atoms with E-state index in [4.69, 9.17) is 15.2 Å². The summed E-state index contributed by atoms with van der Waals surface area (Å²) in [6.45, 7) is 0.306. The molecule has 3 N–H and O–H groups in total. The number of benzene rings is 1. The summed E-state index contributed by atoms with van der Waals surface area (Å²) in [7, 11) is 3.14. The number of amides is 1. The number of hydrogen-bond acceptors (Lipinski definition) is 4. The lowest BCUT2D eigenvalue weighted by molar-refractivity contribution is -0.119. The summed E-state index contributed by atoms with van der Waals surface area (Å²) in [5.41, 5.74) is 6.00. The van der Waals surface area contributed by atoms with E-state index in [1.54, 1.807) is 14.2 Å². The minimum Gasteiger partial charge on any atom is -0.496 e. The van der Waals surface area contributed by atoms with Gasteiger partial charge in [0, 0.05) is 0 Å². The number of carbonyl (C=O) groups excluding carboxylic acids is 1. The molecule has 1 rings (SSSR count). The molecule has 0 heterocycles. The van der Waals surface area contributed by atoms with Crippen molar-refractivity contribution in [3.8, 4) is 11.5 Å². The van der Waals surface area contributed by atoms with Crippen LogP contribution in [0.15, 0.2) is 18.2 Å². The molecule has 17 heavy (non-hydrogen) atoms. The lowest BCUT2D eigenvalue weighted by Crippen LogP contribution is -2.29. The van der Waals surface area contributed by atoms with Crippen LogP contribution < -0.4 is 20.5 Å². The van der Waals surface area contributed by atoms with Crippen LogP contribution >= 0.6 is 12.4 Å². The van der Waals surface area contributed by atoms with Crippen LogP contribution in [0.5, 0.6) is 11.5 Å². The van der Waals surface area contributed by atoms with Gasteiger partial charge in [0.1, 0.15) is 11.5 Å². The van der Waals surface area contributed by atoms with Crippen molar-refractivity contribution < 1.29 is 14.3 Å². The van der Waals surface area contributed by atoms with Gasteiger partial charge in [0.05, 0.1) is 32.9 Å². The molecule has 1 aromatic rings. The van der Waals surface area contributed by atoms with E-state index in [1.165, 1.54) is 0 Å². The van der Waals surface area contributed by atoms with Crippen molar-refractivity contribution >= 4 is 18.3 Å². The molecule has 1 amide bonds. The van der Waals surface area contributed by atoms with Gasteiger partial charge in [0.2, 0.25) is 5.91 Å². The number of methoxy groups -OCH3 is 2. The van der Waals surface area contributed by atoms with Gasteiger partial charge in [-0.25, -0.2) is 0 Å². The second-order valence-electron chi connectivity index (χ2n) is 3.12. The number of ether oxygens (including phenoxy) is 2. The maximum absolute atomic E-state index is 11.1. The molecule has 0 aliphatic heterocycles. The zero-order valence-electron chi connectivity index (χ0n) is 9.86. The molecular weight excluding hydrogens is 244 g/mol. The van der Waals surface area contributed by atoms with Crippen LogP contribution in [-0.2, 0) is 11.3 Å². The zero-order chi connectivity index (χ0) is 12.0. The Morgan fingerprint density at radius 3 is 2.24 bits per heavy atom. The number of nitrogens with two attached hydrogens (primary N) is 1. The van der Waals surface area contributed by atoms with Crippen LogP contribution in [0, 0.1) is 0 Å². The zero-order valence-corrected chi connectivity index (χ0v) is 10.7. The third-order valence-corrected chi connectivity index (χ3v) is 2.18. The summed E-state index contributed by atoms with van der Waals surface area (Å²) in [5, 5.41) is 2.67. The van der Waals surface area contributed by atoms with Crippen molar-refractivity contribution in [3.63, 3.8) is 0 Å². The van der Waals surface area contributed by atoms with Crippen molar-refractivity contribution in [1.82, 2.24) is 5.32 Å². The first kappa shape index (κ1) is 15.5. The van der Waals surface area contributed by atoms with Gasteiger partial charge in [-0.1, -0.05) is 6.07 Å². The standard InChI is InChI=1S/C11H16N2O3.ClH/c1-15-9-4-3-5-10(16-2)8(9)7-13-11(14)6-12;/h3-5H,6-7,12H2,1-2H3,(H,13,14);1H. The Hall–Kier alpha value is -1.46. The molecule has 6 heteroatoms. The van der Waals surface area contributed by atoms with E-state index < -0.39 is 0 Å². The normalized spacial score (nSPS) is 9.12. The van der Waals surface area contributed by atoms with Crippen molar-refractivity contribution in [2.75, 3.05) is 20.8 Å². The van der Waals surface area contributed by atoms with E-state index >= 15 is 0 Å². The maximum Gasteiger partial charge on any atom is 0.234 e. The van der Waals surface area contributed by atoms with Crippen LogP contribution in [-0.4, -0.2) is 26.7 Å². The average molecular weight is 261 g/mol. The Bertz CT molecular complexity index is 349. The minimum absolute atomic E-state index is 0. The van der Waals surface area contributed by atoms with E-state index in [1.807, 2.05) is 18.2 Å². The minimum atomic E-state index is -0.215. The van der Waals surface area contributed by atoms with Crippen LogP contribution in [0.1, 0.15) is 5.56 Å². The fourth-order valence-corrected chi connectivity index (χ4v) is 1.36. The molecule has 0 atom stereocenters. The van der Waals surface area contributed by atoms with E-state index in [0.29, 0.717) is 18.0 Å². The Morgan fingerprint density at radius 2 is 1.82 bits per heavy atom. The van der Waals surface area contributed by atoms with Crippen molar-refractivity contribution in [2.24, 2.45) is 5.73 Å². The molecule has 0 saturated heterocycles. The van der Waals surface area contributed by atoms with E-state index in [9.17, 15) is 4.79 Å². The largest absolute Gasteiger partial charge is 0.496 e. The summed E-state index contributed by atoms with van der Waals surface area (Å²) in [6, 6.07) is 5.45. The first-order chi connectivity index (χ1) is 7.72. The summed E-state index contributed by atoms with van der Waals surface area (Å²) < 4.78 is 10.4. The fraction of sp³-hybridized carbons (Fsp3) is 0.364. The van der Waals surface area contributed by atoms with Crippen LogP contribution in [0.25, 0.3) is 0 Å². The molecule has 0 saturated carbocycles. The third kappa shape index (κ3) is 4.13. The Balaban J connectivity index is 0.00000256. The molecule has 0 fully saturated rings. The Labute approximate surface area is 107 Å². The molecule has 0 aliphatic rings. The van der Waals surface area contributed by atoms with Crippen LogP contribution in [0.3, 0.4) is 0 Å². The first-order valence-electron chi connectivity index (χ1n) is 4.89. The van der Waals surface area contributed by atoms with Crippen LogP contribution in [0.2, 0.25) is 0 Å². The first-order valence-corrected chi connectivity index (χ1v) is 4.89. The van der Waals surface area contributed by atoms with E-state index in [-0.39, 0.29) is 24.9 Å². The monoisotopic (exact) mass is 260 g/mol. The van der Waals surface area contributed by atoms with Gasteiger partial charge < -0.3 is 20.5 Å². The Kier molecular flexibility index (Phi) is 7.09. The molecule has 5 nitrogen and oxygen atoms in total. The second-order valence-corrected chi connectivity index (χ2v) is 3.12. The van der Waals surface area contributed by atoms with Gasteiger partial charge in [0.25, 0.3) is 0 Å². The predicted octanol–water partition coefficient (Wildman–Crippen LogP) is 0.700. The third-order valence-electron chi connectivity index (χ3n) is 2.18. The topological polar surface area (TPSA) is 73.6 Å². The number of hydrogen-bond donors (Lipinski definition) is 2. The molecule has 0 radical (unpaired) electrons. The Morgan fingerprint density at radius 1 is 1.29 bits per heavy atom. The van der Waals surface area contributed by atoms with Gasteiger partial charge in [-0.15, -0.1) is 12.4 Å². The van der Waals surface area contributed by atoms with Crippen molar-refractivity contribution in [1.29, 1.82) is 0 Å². The summed E-state index contributed by atoms with van der Waals surface area (Å²) >= 11 is 0. The number of rotatable bonds is 5. The lowest BCUT2D eigenvalue weighted by atomic mass is 10.1. The second kappa shape index (κ2) is 7.76. The molecule has 96 valence electrons. The van der Waals surface area contributed by atoms with Gasteiger partial charge in [-0.05, 0) is 12.1 Å². The highest BCUT2D eigenvalue weighted by Crippen LogP contribution is 2.27. The highest BCUT2D eigenvalue weighted by Gasteiger charge is 2.10. The highest BCUT2D eigenvalue weighted by atomic mass is 35.5. The van der Waals surface area contributed by atoms with Gasteiger partial charge >= 0.3 is 0 Å². The molecule has 0 bridgehead atoms. The van der Waals surface area contributed by atoms with Crippen LogP contribution in [0.4, 0.5) is 0 Å². The van der Waals surface area contributed by atoms with E-state index in [2.05, 4.69) is 5.32 Å². The number of halogens is 1. The quantitative estimate of drug-likeness (QED) is 0.817. The fourth-order valence-electron chi connectivity index (χ4n) is 1.36. The summed E-state index contributed by atoms with van der Waals surface area (Å²) in [6.07, 6.45) is 0. The number of nitrogens with one attached hydrogen (secondary N) is 1. The summed E-state index contributed by atoms with van der Waals surface area (Å²) in [5.74, 6) is 1.14. The molecule has 1 aromatic carbocycles. The summed E-state index contributed by atoms with van der Waals surface area (Å²) in [4.78, 5) is 11.1. The van der Waals surface area contributed by atoms with Gasteiger partial charge in [-0.3, -0.25) is 4.79 Å². The molecule has 0 unspecified atom stereocenters. The van der Waals surface area contributed by atoms with Crippen molar-refractivity contribution in [2.45, 2.75) is 6.54 Å². The average Bonchev–Trinajstić information content (AvgIpc) is 2.35. The smallest absolute Gasteiger partial charge is 0.234 e. The molecule has 0 aromatic heterocycles. The van der Waals surface area contributed by atoms with Gasteiger partial charge in [0.15, 0.2) is 0 Å². The lowest BCUT2D eigenvalue weighted by Gasteiger charge is -2.13. The number of carbonyl (C=O) groups is 1. The van der Waals surface area contributed by atoms with E-state index in [0.717, 1.165) is 5.56 Å². The maximum atomic E-state index is 11.1. The molecule has 0 aliphatic carbocycles.